The highest BCUT2D eigenvalue weighted by Gasteiger charge is 2.32. The molecule has 0 fully saturated rings. The molecule has 1 aliphatic heterocycles. The van der Waals surface area contributed by atoms with Crippen molar-refractivity contribution >= 4 is 23.1 Å². The second-order valence-electron chi connectivity index (χ2n) is 6.56. The number of phenolic OH excluding ortho intramolecular Hbond substituents is 1. The molecule has 5 rings (SSSR count). The van der Waals surface area contributed by atoms with Crippen LogP contribution in [-0.2, 0) is 4.79 Å². The standard InChI is InChI=1S/C20H14FN5O2/c21-14-9-10(27)5-6-11(14)16-13-7-8-26-18(13)17(24-20(22)25-26)12-3-1-2-4-15(12)23-19(16)28/h1-9,16,27H,(H2,22,25)(H,23,28). The number of aromatic hydroxyl groups is 1. The average Bonchev–Trinajstić information content (AvgIpc) is 3.06. The molecule has 1 aliphatic rings. The number of nitrogens with zero attached hydrogens (tertiary/aromatic N) is 3. The summed E-state index contributed by atoms with van der Waals surface area (Å²) in [6.07, 6.45) is 1.67. The molecule has 28 heavy (non-hydrogen) atoms. The largest absolute Gasteiger partial charge is 0.508 e. The molecule has 1 amide bonds. The Hall–Kier alpha value is -3.94. The van der Waals surface area contributed by atoms with Crippen LogP contribution >= 0.6 is 0 Å². The number of nitrogens with one attached hydrogen (secondary N) is 1. The van der Waals surface area contributed by atoms with Gasteiger partial charge < -0.3 is 16.2 Å². The van der Waals surface area contributed by atoms with E-state index in [-0.39, 0.29) is 17.3 Å². The molecule has 0 radical (unpaired) electrons. The van der Waals surface area contributed by atoms with Crippen LogP contribution in [0.3, 0.4) is 0 Å². The van der Waals surface area contributed by atoms with Gasteiger partial charge in [-0.15, -0.1) is 5.10 Å². The molecule has 2 aromatic carbocycles. The summed E-state index contributed by atoms with van der Waals surface area (Å²) in [4.78, 5) is 17.6. The van der Waals surface area contributed by atoms with Crippen molar-refractivity contribution in [1.82, 2.24) is 14.6 Å². The van der Waals surface area contributed by atoms with Gasteiger partial charge in [-0.25, -0.2) is 13.9 Å². The summed E-state index contributed by atoms with van der Waals surface area (Å²) < 4.78 is 16.2. The van der Waals surface area contributed by atoms with Gasteiger partial charge in [0.25, 0.3) is 0 Å². The number of hydrogen-bond acceptors (Lipinski definition) is 5. The molecule has 4 aromatic rings. The van der Waals surface area contributed by atoms with Crippen LogP contribution < -0.4 is 11.1 Å². The molecule has 4 N–H and O–H groups in total. The molecule has 3 heterocycles. The zero-order valence-corrected chi connectivity index (χ0v) is 14.4. The second-order valence-corrected chi connectivity index (χ2v) is 6.56. The van der Waals surface area contributed by atoms with Crippen molar-refractivity contribution in [3.05, 3.63) is 71.7 Å². The molecular formula is C20H14FN5O2. The lowest BCUT2D eigenvalue weighted by Gasteiger charge is -2.22. The van der Waals surface area contributed by atoms with E-state index in [0.717, 1.165) is 6.07 Å². The molecular weight excluding hydrogens is 361 g/mol. The van der Waals surface area contributed by atoms with E-state index in [2.05, 4.69) is 15.4 Å². The number of anilines is 2. The maximum atomic E-state index is 14.7. The summed E-state index contributed by atoms with van der Waals surface area (Å²) >= 11 is 0. The fraction of sp³-hybridized carbons (Fsp3) is 0.0500. The van der Waals surface area contributed by atoms with Gasteiger partial charge in [0.15, 0.2) is 0 Å². The van der Waals surface area contributed by atoms with Gasteiger partial charge in [0, 0.05) is 23.4 Å². The highest BCUT2D eigenvalue weighted by Crippen LogP contribution is 2.40. The topological polar surface area (TPSA) is 106 Å². The summed E-state index contributed by atoms with van der Waals surface area (Å²) in [7, 11) is 0. The Morgan fingerprint density at radius 2 is 1.96 bits per heavy atom. The van der Waals surface area contributed by atoms with Crippen LogP contribution in [0.4, 0.5) is 16.0 Å². The van der Waals surface area contributed by atoms with Gasteiger partial charge in [0.2, 0.25) is 11.9 Å². The zero-order valence-electron chi connectivity index (χ0n) is 14.4. The minimum Gasteiger partial charge on any atom is -0.508 e. The number of nitrogens with two attached hydrogens (primary N) is 1. The number of carbonyl (C=O) groups is 1. The van der Waals surface area contributed by atoms with Crippen molar-refractivity contribution in [3.8, 4) is 17.0 Å². The van der Waals surface area contributed by atoms with E-state index in [4.69, 9.17) is 5.73 Å². The molecule has 0 saturated heterocycles. The first-order valence-electron chi connectivity index (χ1n) is 8.56. The molecule has 138 valence electrons. The van der Waals surface area contributed by atoms with E-state index >= 15 is 0 Å². The Kier molecular flexibility index (Phi) is 3.35. The highest BCUT2D eigenvalue weighted by molar-refractivity contribution is 6.05. The van der Waals surface area contributed by atoms with E-state index in [1.54, 1.807) is 28.9 Å². The minimum absolute atomic E-state index is 0.0821. The molecule has 1 unspecified atom stereocenters. The maximum absolute atomic E-state index is 14.7. The van der Waals surface area contributed by atoms with Crippen LogP contribution in [0.1, 0.15) is 17.0 Å². The summed E-state index contributed by atoms with van der Waals surface area (Å²) in [6.45, 7) is 0. The zero-order chi connectivity index (χ0) is 19.4. The van der Waals surface area contributed by atoms with Gasteiger partial charge in [0.05, 0.1) is 17.1 Å². The van der Waals surface area contributed by atoms with Crippen LogP contribution in [0.15, 0.2) is 54.7 Å². The van der Waals surface area contributed by atoms with Crippen LogP contribution in [0, 0.1) is 5.82 Å². The molecule has 0 aliphatic carbocycles. The van der Waals surface area contributed by atoms with Crippen molar-refractivity contribution in [3.63, 3.8) is 0 Å². The van der Waals surface area contributed by atoms with Gasteiger partial charge in [-0.1, -0.05) is 24.3 Å². The average molecular weight is 375 g/mol. The molecule has 7 nitrogen and oxygen atoms in total. The van der Waals surface area contributed by atoms with Crippen molar-refractivity contribution in [2.24, 2.45) is 0 Å². The fourth-order valence-electron chi connectivity index (χ4n) is 3.69. The third-order valence-corrected chi connectivity index (χ3v) is 4.87. The first kappa shape index (κ1) is 16.2. The number of aromatic nitrogens is 3. The summed E-state index contributed by atoms with van der Waals surface area (Å²) in [6, 6.07) is 12.7. The number of carbonyl (C=O) groups excluding carboxylic acids is 1. The van der Waals surface area contributed by atoms with Gasteiger partial charge in [-0.3, -0.25) is 4.79 Å². The third kappa shape index (κ3) is 2.31. The third-order valence-electron chi connectivity index (χ3n) is 4.87. The predicted octanol–water partition coefficient (Wildman–Crippen LogP) is 2.91. The molecule has 8 heteroatoms. The first-order chi connectivity index (χ1) is 13.5. The van der Waals surface area contributed by atoms with Crippen LogP contribution in [-0.4, -0.2) is 25.6 Å². The Labute approximate surface area is 158 Å². The SMILES string of the molecule is Nc1nc2c3c(ccn3n1)C(c1ccc(O)cc1F)C(=O)Nc1ccccc1-2. The lowest BCUT2D eigenvalue weighted by molar-refractivity contribution is -0.116. The van der Waals surface area contributed by atoms with E-state index in [9.17, 15) is 14.3 Å². The molecule has 2 aromatic heterocycles. The van der Waals surface area contributed by atoms with E-state index in [0.29, 0.717) is 28.0 Å². The Morgan fingerprint density at radius 3 is 2.79 bits per heavy atom. The quantitative estimate of drug-likeness (QED) is 0.474. The Morgan fingerprint density at radius 1 is 1.14 bits per heavy atom. The van der Waals surface area contributed by atoms with E-state index in [1.807, 2.05) is 12.1 Å². The first-order valence-corrected chi connectivity index (χ1v) is 8.56. The molecule has 1 atom stereocenters. The number of para-hydroxylation sites is 1. The summed E-state index contributed by atoms with van der Waals surface area (Å²) in [5, 5.41) is 16.6. The summed E-state index contributed by atoms with van der Waals surface area (Å²) in [5.41, 5.74) is 8.93. The van der Waals surface area contributed by atoms with Gasteiger partial charge in [-0.2, -0.15) is 0 Å². The van der Waals surface area contributed by atoms with Gasteiger partial charge in [-0.05, 0) is 23.8 Å². The number of halogens is 1. The molecule has 0 spiro atoms. The number of rotatable bonds is 1. The van der Waals surface area contributed by atoms with Crippen LogP contribution in [0.25, 0.3) is 16.8 Å². The van der Waals surface area contributed by atoms with Crippen molar-refractivity contribution < 1.29 is 14.3 Å². The number of hydrogen-bond donors (Lipinski definition) is 3. The van der Waals surface area contributed by atoms with Crippen LogP contribution in [0.5, 0.6) is 5.75 Å². The smallest absolute Gasteiger partial charge is 0.238 e. The minimum atomic E-state index is -0.954. The predicted molar refractivity (Wildman–Crippen MR) is 101 cm³/mol. The van der Waals surface area contributed by atoms with Gasteiger partial charge in [0.1, 0.15) is 17.3 Å². The fourth-order valence-corrected chi connectivity index (χ4v) is 3.69. The normalized spacial score (nSPS) is 15.6. The number of nitrogen functional groups attached to an aromatic ring is 1. The maximum Gasteiger partial charge on any atom is 0.238 e. The lowest BCUT2D eigenvalue weighted by atomic mass is 9.88. The van der Waals surface area contributed by atoms with Crippen molar-refractivity contribution in [1.29, 1.82) is 0 Å². The van der Waals surface area contributed by atoms with E-state index in [1.165, 1.54) is 12.1 Å². The number of benzene rings is 2. The Bertz CT molecular complexity index is 1270. The Balaban J connectivity index is 1.88. The van der Waals surface area contributed by atoms with Gasteiger partial charge >= 0.3 is 0 Å². The van der Waals surface area contributed by atoms with Crippen LogP contribution in [0.2, 0.25) is 0 Å². The number of amides is 1. The lowest BCUT2D eigenvalue weighted by Crippen LogP contribution is -2.25. The second kappa shape index (κ2) is 5.78. The number of fused-ring (bicyclic) bond motifs is 2. The monoisotopic (exact) mass is 375 g/mol. The van der Waals surface area contributed by atoms with Crippen molar-refractivity contribution in [2.75, 3.05) is 11.1 Å². The molecule has 0 saturated carbocycles. The van der Waals surface area contributed by atoms with E-state index < -0.39 is 17.6 Å². The molecule has 0 bridgehead atoms. The number of phenols is 1. The van der Waals surface area contributed by atoms with Crippen molar-refractivity contribution in [2.45, 2.75) is 5.92 Å². The highest BCUT2D eigenvalue weighted by atomic mass is 19.1. The summed E-state index contributed by atoms with van der Waals surface area (Å²) in [5.74, 6) is -2.15.